The highest BCUT2D eigenvalue weighted by atomic mass is 35.5. The summed E-state index contributed by atoms with van der Waals surface area (Å²) in [7, 11) is 0. The van der Waals surface area contributed by atoms with Gasteiger partial charge in [-0.05, 0) is 23.3 Å². The number of allylic oxidation sites excluding steroid dienone is 1. The Kier molecular flexibility index (Phi) is 5.24. The number of amides is 1. The molecule has 1 N–H and O–H groups in total. The van der Waals surface area contributed by atoms with Crippen molar-refractivity contribution in [2.75, 3.05) is 0 Å². The SMILES string of the molecule is N#CC1=C(SCc2ccccc2)NC(=O)CC1c1ccc(Cl)cc1. The van der Waals surface area contributed by atoms with E-state index in [2.05, 4.69) is 11.4 Å². The first-order valence-electron chi connectivity index (χ1n) is 7.53. The largest absolute Gasteiger partial charge is 0.320 e. The standard InChI is InChI=1S/C19H15ClN2OS/c20-15-8-6-14(7-9-15)16-10-18(23)22-19(17(16)11-21)24-12-13-4-2-1-3-5-13/h1-9,16H,10,12H2,(H,22,23). The van der Waals surface area contributed by atoms with E-state index in [1.54, 1.807) is 12.1 Å². The fourth-order valence-corrected chi connectivity index (χ4v) is 3.80. The maximum Gasteiger partial charge on any atom is 0.225 e. The topological polar surface area (TPSA) is 52.9 Å². The molecule has 0 aliphatic carbocycles. The van der Waals surface area contributed by atoms with Crippen molar-refractivity contribution in [3.05, 3.63) is 81.3 Å². The van der Waals surface area contributed by atoms with Crippen LogP contribution in [0, 0.1) is 11.3 Å². The van der Waals surface area contributed by atoms with Crippen molar-refractivity contribution in [1.29, 1.82) is 5.26 Å². The Balaban J connectivity index is 1.88. The van der Waals surface area contributed by atoms with Crippen LogP contribution in [0.2, 0.25) is 5.02 Å². The molecule has 0 radical (unpaired) electrons. The molecular formula is C19H15ClN2OS. The van der Waals surface area contributed by atoms with Crippen molar-refractivity contribution in [2.24, 2.45) is 0 Å². The van der Waals surface area contributed by atoms with Crippen molar-refractivity contribution < 1.29 is 4.79 Å². The van der Waals surface area contributed by atoms with Gasteiger partial charge in [-0.25, -0.2) is 0 Å². The second-order valence-corrected chi connectivity index (χ2v) is 6.91. The molecule has 1 aliphatic rings. The van der Waals surface area contributed by atoms with E-state index in [1.807, 2.05) is 42.5 Å². The van der Waals surface area contributed by atoms with Crippen LogP contribution in [0.15, 0.2) is 65.2 Å². The summed E-state index contributed by atoms with van der Waals surface area (Å²) in [5, 5.41) is 13.8. The molecule has 0 bridgehead atoms. The predicted octanol–water partition coefficient (Wildman–Crippen LogP) is 4.61. The lowest BCUT2D eigenvalue weighted by Crippen LogP contribution is -2.30. The van der Waals surface area contributed by atoms with Gasteiger partial charge in [0, 0.05) is 23.1 Å². The maximum atomic E-state index is 12.1. The molecule has 2 aromatic carbocycles. The Morgan fingerprint density at radius 3 is 2.54 bits per heavy atom. The number of hydrogen-bond acceptors (Lipinski definition) is 3. The lowest BCUT2D eigenvalue weighted by molar-refractivity contribution is -0.120. The Labute approximate surface area is 150 Å². The smallest absolute Gasteiger partial charge is 0.225 e. The Morgan fingerprint density at radius 1 is 1.17 bits per heavy atom. The number of nitrogens with one attached hydrogen (secondary N) is 1. The number of thioether (sulfide) groups is 1. The lowest BCUT2D eigenvalue weighted by atomic mass is 9.87. The van der Waals surface area contributed by atoms with E-state index in [9.17, 15) is 10.1 Å². The number of carbonyl (C=O) groups excluding carboxylic acids is 1. The second-order valence-electron chi connectivity index (χ2n) is 5.49. The summed E-state index contributed by atoms with van der Waals surface area (Å²) in [6.45, 7) is 0. The molecule has 24 heavy (non-hydrogen) atoms. The minimum atomic E-state index is -0.223. The zero-order chi connectivity index (χ0) is 16.9. The predicted molar refractivity (Wildman–Crippen MR) is 97.3 cm³/mol. The van der Waals surface area contributed by atoms with Crippen LogP contribution >= 0.6 is 23.4 Å². The van der Waals surface area contributed by atoms with E-state index >= 15 is 0 Å². The minimum absolute atomic E-state index is 0.0653. The number of nitrogens with zero attached hydrogens (tertiary/aromatic N) is 1. The molecule has 120 valence electrons. The van der Waals surface area contributed by atoms with Gasteiger partial charge in [-0.3, -0.25) is 4.79 Å². The lowest BCUT2D eigenvalue weighted by Gasteiger charge is -2.25. The summed E-state index contributed by atoms with van der Waals surface area (Å²) >= 11 is 7.42. The molecule has 0 saturated carbocycles. The maximum absolute atomic E-state index is 12.1. The Hall–Kier alpha value is -2.22. The summed E-state index contributed by atoms with van der Waals surface area (Å²) in [5.74, 6) is 0.415. The summed E-state index contributed by atoms with van der Waals surface area (Å²) in [6, 6.07) is 19.6. The quantitative estimate of drug-likeness (QED) is 0.872. The zero-order valence-corrected chi connectivity index (χ0v) is 14.4. The third-order valence-corrected chi connectivity index (χ3v) is 5.19. The average molecular weight is 355 g/mol. The first kappa shape index (κ1) is 16.6. The number of halogens is 1. The van der Waals surface area contributed by atoms with Gasteiger partial charge in [0.2, 0.25) is 5.91 Å². The van der Waals surface area contributed by atoms with Gasteiger partial charge < -0.3 is 5.32 Å². The van der Waals surface area contributed by atoms with Crippen molar-refractivity contribution in [2.45, 2.75) is 18.1 Å². The van der Waals surface area contributed by atoms with Crippen molar-refractivity contribution >= 4 is 29.3 Å². The fraction of sp³-hybridized carbons (Fsp3) is 0.158. The average Bonchev–Trinajstić information content (AvgIpc) is 2.61. The molecule has 1 amide bonds. The number of carbonyl (C=O) groups is 1. The minimum Gasteiger partial charge on any atom is -0.320 e. The van der Waals surface area contributed by atoms with Gasteiger partial charge >= 0.3 is 0 Å². The molecule has 0 spiro atoms. The molecule has 0 fully saturated rings. The molecule has 3 nitrogen and oxygen atoms in total. The molecule has 5 heteroatoms. The van der Waals surface area contributed by atoms with Gasteiger partial charge in [-0.15, -0.1) is 11.8 Å². The van der Waals surface area contributed by atoms with Crippen LogP contribution in [0.4, 0.5) is 0 Å². The first-order chi connectivity index (χ1) is 11.7. The van der Waals surface area contributed by atoms with Gasteiger partial charge in [0.05, 0.1) is 16.7 Å². The number of benzene rings is 2. The summed E-state index contributed by atoms with van der Waals surface area (Å²) in [4.78, 5) is 12.1. The second kappa shape index (κ2) is 7.57. The Morgan fingerprint density at radius 2 is 1.88 bits per heavy atom. The van der Waals surface area contributed by atoms with E-state index in [1.165, 1.54) is 11.8 Å². The highest BCUT2D eigenvalue weighted by Gasteiger charge is 2.29. The molecule has 2 aromatic rings. The van der Waals surface area contributed by atoms with Crippen molar-refractivity contribution in [3.63, 3.8) is 0 Å². The Bertz CT molecular complexity index is 810. The van der Waals surface area contributed by atoms with Gasteiger partial charge in [0.25, 0.3) is 0 Å². The summed E-state index contributed by atoms with van der Waals surface area (Å²) in [6.07, 6.45) is 0.278. The monoisotopic (exact) mass is 354 g/mol. The zero-order valence-electron chi connectivity index (χ0n) is 12.8. The van der Waals surface area contributed by atoms with Gasteiger partial charge in [-0.1, -0.05) is 54.1 Å². The molecule has 1 aliphatic heterocycles. The number of nitriles is 1. The third kappa shape index (κ3) is 3.81. The van der Waals surface area contributed by atoms with Gasteiger partial charge in [-0.2, -0.15) is 5.26 Å². The van der Waals surface area contributed by atoms with E-state index in [-0.39, 0.29) is 18.2 Å². The molecule has 1 unspecified atom stereocenters. The van der Waals surface area contributed by atoms with Crippen LogP contribution in [-0.2, 0) is 10.5 Å². The van der Waals surface area contributed by atoms with Crippen molar-refractivity contribution in [3.8, 4) is 6.07 Å². The molecule has 1 heterocycles. The number of rotatable bonds is 4. The summed E-state index contributed by atoms with van der Waals surface area (Å²) < 4.78 is 0. The summed E-state index contributed by atoms with van der Waals surface area (Å²) in [5.41, 5.74) is 2.69. The van der Waals surface area contributed by atoms with E-state index in [4.69, 9.17) is 11.6 Å². The van der Waals surface area contributed by atoms with Crippen LogP contribution in [0.25, 0.3) is 0 Å². The third-order valence-electron chi connectivity index (χ3n) is 3.85. The number of hydrogen-bond donors (Lipinski definition) is 1. The van der Waals surface area contributed by atoms with Crippen LogP contribution in [-0.4, -0.2) is 5.91 Å². The van der Waals surface area contributed by atoms with E-state index in [0.717, 1.165) is 11.1 Å². The molecule has 1 atom stereocenters. The van der Waals surface area contributed by atoms with Crippen LogP contribution in [0.1, 0.15) is 23.5 Å². The molecule has 0 saturated heterocycles. The van der Waals surface area contributed by atoms with E-state index in [0.29, 0.717) is 21.4 Å². The fourth-order valence-electron chi connectivity index (χ4n) is 2.64. The van der Waals surface area contributed by atoms with Crippen LogP contribution in [0.5, 0.6) is 0 Å². The molecule has 3 rings (SSSR count). The van der Waals surface area contributed by atoms with Crippen LogP contribution < -0.4 is 5.32 Å². The first-order valence-corrected chi connectivity index (χ1v) is 8.90. The molecule has 0 aromatic heterocycles. The highest BCUT2D eigenvalue weighted by molar-refractivity contribution is 8.02. The normalized spacial score (nSPS) is 17.3. The molecular weight excluding hydrogens is 340 g/mol. The van der Waals surface area contributed by atoms with Crippen molar-refractivity contribution in [1.82, 2.24) is 5.32 Å². The van der Waals surface area contributed by atoms with E-state index < -0.39 is 0 Å². The van der Waals surface area contributed by atoms with Crippen LogP contribution in [0.3, 0.4) is 0 Å². The van der Waals surface area contributed by atoms with Gasteiger partial charge in [0.15, 0.2) is 0 Å². The highest BCUT2D eigenvalue weighted by Crippen LogP contribution is 2.37. The van der Waals surface area contributed by atoms with Gasteiger partial charge in [0.1, 0.15) is 0 Å².